The number of nitrogens with one attached hydrogen (secondary N) is 2. The van der Waals surface area contributed by atoms with E-state index < -0.39 is 0 Å². The molecule has 1 fully saturated rings. The zero-order chi connectivity index (χ0) is 20.2. The van der Waals surface area contributed by atoms with Gasteiger partial charge in [-0.1, -0.05) is 26.0 Å². The normalized spacial score (nSPS) is 16.8. The van der Waals surface area contributed by atoms with Crippen LogP contribution in [0.3, 0.4) is 0 Å². The lowest BCUT2D eigenvalue weighted by Gasteiger charge is -2.34. The van der Waals surface area contributed by atoms with E-state index >= 15 is 0 Å². The van der Waals surface area contributed by atoms with Crippen LogP contribution in [-0.2, 0) is 0 Å². The lowest BCUT2D eigenvalue weighted by atomic mass is 9.98. The van der Waals surface area contributed by atoms with Crippen molar-refractivity contribution in [1.29, 1.82) is 0 Å². The van der Waals surface area contributed by atoms with E-state index in [1.54, 1.807) is 7.11 Å². The summed E-state index contributed by atoms with van der Waals surface area (Å²) in [4.78, 5) is 9.81. The molecule has 1 aliphatic heterocycles. The maximum Gasteiger partial charge on any atom is 0.191 e. The van der Waals surface area contributed by atoms with Crippen molar-refractivity contribution in [1.82, 2.24) is 20.4 Å². The number of benzene rings is 1. The molecule has 0 bridgehead atoms. The molecule has 0 radical (unpaired) electrons. The maximum absolute atomic E-state index is 5.24. The number of piperazine rings is 1. The van der Waals surface area contributed by atoms with E-state index in [1.807, 2.05) is 12.1 Å². The second kappa shape index (κ2) is 14.8. The summed E-state index contributed by atoms with van der Waals surface area (Å²) in [5, 5.41) is 6.85. The van der Waals surface area contributed by atoms with Gasteiger partial charge in [0.05, 0.1) is 7.11 Å². The Bertz CT molecular complexity index is 573. The van der Waals surface area contributed by atoms with Gasteiger partial charge in [0, 0.05) is 52.4 Å². The summed E-state index contributed by atoms with van der Waals surface area (Å²) in [6.07, 6.45) is 1.03. The predicted octanol–water partition coefficient (Wildman–Crippen LogP) is 3.00. The Hall–Kier alpha value is -1.06. The minimum atomic E-state index is 0. The molecular weight excluding hydrogens is 477 g/mol. The molecular formula is C22H40IN5O. The Kier molecular flexibility index (Phi) is 13.3. The molecule has 0 aliphatic carbocycles. The van der Waals surface area contributed by atoms with Gasteiger partial charge in [-0.05, 0) is 43.5 Å². The van der Waals surface area contributed by atoms with Crippen LogP contribution in [-0.4, -0.2) is 81.8 Å². The first-order valence-electron chi connectivity index (χ1n) is 10.8. The second-order valence-corrected chi connectivity index (χ2v) is 7.43. The van der Waals surface area contributed by atoms with Gasteiger partial charge < -0.3 is 20.3 Å². The molecule has 0 aromatic heterocycles. The molecule has 0 spiro atoms. The summed E-state index contributed by atoms with van der Waals surface area (Å²) in [5.41, 5.74) is 1.33. The summed E-state index contributed by atoms with van der Waals surface area (Å²) in [7, 11) is 1.70. The van der Waals surface area contributed by atoms with Gasteiger partial charge in [-0.25, -0.2) is 0 Å². The molecule has 1 heterocycles. The number of halogens is 1. The SMILES string of the molecule is CCNC(=NCCC(C)c1ccc(OC)cc1)NCCN1CCN(CC)CC1.I. The van der Waals surface area contributed by atoms with Crippen LogP contribution in [0.4, 0.5) is 0 Å². The Morgan fingerprint density at radius 3 is 2.31 bits per heavy atom. The standard InChI is InChI=1S/C22H39N5O.HI/c1-5-23-22(25-13-14-27-17-15-26(6-2)16-18-27)24-12-11-19(3)20-7-9-21(28-4)10-8-20;/h7-10,19H,5-6,11-18H2,1-4H3,(H2,23,24,25);1H. The highest BCUT2D eigenvalue weighted by molar-refractivity contribution is 14.0. The fraction of sp³-hybridized carbons (Fsp3) is 0.682. The van der Waals surface area contributed by atoms with Gasteiger partial charge in [0.15, 0.2) is 5.96 Å². The number of nitrogens with zero attached hydrogens (tertiary/aromatic N) is 3. The van der Waals surface area contributed by atoms with Gasteiger partial charge in [0.25, 0.3) is 0 Å². The molecule has 1 unspecified atom stereocenters. The molecule has 7 heteroatoms. The highest BCUT2D eigenvalue weighted by Gasteiger charge is 2.14. The molecule has 6 nitrogen and oxygen atoms in total. The lowest BCUT2D eigenvalue weighted by Crippen LogP contribution is -2.49. The number of hydrogen-bond acceptors (Lipinski definition) is 4. The second-order valence-electron chi connectivity index (χ2n) is 7.43. The van der Waals surface area contributed by atoms with Crippen molar-refractivity contribution in [2.24, 2.45) is 4.99 Å². The topological polar surface area (TPSA) is 52.1 Å². The fourth-order valence-electron chi connectivity index (χ4n) is 3.47. The molecule has 2 N–H and O–H groups in total. The van der Waals surface area contributed by atoms with Gasteiger partial charge in [-0.2, -0.15) is 0 Å². The average Bonchev–Trinajstić information content (AvgIpc) is 2.74. The van der Waals surface area contributed by atoms with Gasteiger partial charge in [0.1, 0.15) is 5.75 Å². The smallest absolute Gasteiger partial charge is 0.191 e. The minimum Gasteiger partial charge on any atom is -0.497 e. The maximum atomic E-state index is 5.24. The van der Waals surface area contributed by atoms with Crippen molar-refractivity contribution in [3.05, 3.63) is 29.8 Å². The van der Waals surface area contributed by atoms with Crippen LogP contribution in [0.5, 0.6) is 5.75 Å². The minimum absolute atomic E-state index is 0. The summed E-state index contributed by atoms with van der Waals surface area (Å²) in [6.45, 7) is 16.2. The molecule has 1 aromatic carbocycles. The number of rotatable bonds is 10. The van der Waals surface area contributed by atoms with Crippen molar-refractivity contribution < 1.29 is 4.74 Å². The molecule has 166 valence electrons. The third-order valence-electron chi connectivity index (χ3n) is 5.49. The molecule has 29 heavy (non-hydrogen) atoms. The average molecular weight is 518 g/mol. The monoisotopic (exact) mass is 517 g/mol. The first kappa shape index (κ1) is 26.0. The highest BCUT2D eigenvalue weighted by atomic mass is 127. The van der Waals surface area contributed by atoms with Crippen molar-refractivity contribution in [2.45, 2.75) is 33.1 Å². The van der Waals surface area contributed by atoms with Gasteiger partial charge >= 0.3 is 0 Å². The fourth-order valence-corrected chi connectivity index (χ4v) is 3.47. The zero-order valence-corrected chi connectivity index (χ0v) is 20.9. The number of ether oxygens (including phenoxy) is 1. The molecule has 1 atom stereocenters. The van der Waals surface area contributed by atoms with Crippen LogP contribution in [0.25, 0.3) is 0 Å². The summed E-state index contributed by atoms with van der Waals surface area (Å²) >= 11 is 0. The van der Waals surface area contributed by atoms with Crippen molar-refractivity contribution in [2.75, 3.05) is 66.0 Å². The number of methoxy groups -OCH3 is 1. The van der Waals surface area contributed by atoms with Crippen LogP contribution in [0.1, 0.15) is 38.7 Å². The third-order valence-corrected chi connectivity index (χ3v) is 5.49. The van der Waals surface area contributed by atoms with E-state index in [4.69, 9.17) is 9.73 Å². The Labute approximate surface area is 194 Å². The third kappa shape index (κ3) is 9.53. The van der Waals surface area contributed by atoms with Crippen molar-refractivity contribution >= 4 is 29.9 Å². The van der Waals surface area contributed by atoms with Crippen molar-refractivity contribution in [3.63, 3.8) is 0 Å². The van der Waals surface area contributed by atoms with E-state index in [9.17, 15) is 0 Å². The summed E-state index contributed by atoms with van der Waals surface area (Å²) in [5.74, 6) is 2.31. The largest absolute Gasteiger partial charge is 0.497 e. The van der Waals surface area contributed by atoms with Crippen LogP contribution in [0.2, 0.25) is 0 Å². The Morgan fingerprint density at radius 1 is 1.07 bits per heavy atom. The van der Waals surface area contributed by atoms with Crippen LogP contribution in [0, 0.1) is 0 Å². The molecule has 2 rings (SSSR count). The number of likely N-dealkylation sites (N-methyl/N-ethyl adjacent to an activating group) is 1. The first-order valence-corrected chi connectivity index (χ1v) is 10.8. The lowest BCUT2D eigenvalue weighted by molar-refractivity contribution is 0.139. The Balaban J connectivity index is 0.00000420. The number of hydrogen-bond donors (Lipinski definition) is 2. The van der Waals surface area contributed by atoms with Gasteiger partial charge in [-0.3, -0.25) is 9.89 Å². The van der Waals surface area contributed by atoms with Gasteiger partial charge in [0.2, 0.25) is 0 Å². The van der Waals surface area contributed by atoms with E-state index in [-0.39, 0.29) is 24.0 Å². The number of aliphatic imine (C=N–C) groups is 1. The van der Waals surface area contributed by atoms with E-state index in [1.165, 1.54) is 31.7 Å². The first-order chi connectivity index (χ1) is 13.7. The molecule has 0 saturated carbocycles. The van der Waals surface area contributed by atoms with Crippen molar-refractivity contribution in [3.8, 4) is 5.75 Å². The molecule has 0 amide bonds. The molecule has 1 aliphatic rings. The van der Waals surface area contributed by atoms with Crippen LogP contribution >= 0.6 is 24.0 Å². The summed E-state index contributed by atoms with van der Waals surface area (Å²) in [6, 6.07) is 8.35. The number of guanidine groups is 1. The quantitative estimate of drug-likeness (QED) is 0.284. The molecule has 1 saturated heterocycles. The zero-order valence-electron chi connectivity index (χ0n) is 18.6. The Morgan fingerprint density at radius 2 is 1.72 bits per heavy atom. The van der Waals surface area contributed by atoms with E-state index in [0.29, 0.717) is 5.92 Å². The summed E-state index contributed by atoms with van der Waals surface area (Å²) < 4.78 is 5.24. The highest BCUT2D eigenvalue weighted by Crippen LogP contribution is 2.21. The predicted molar refractivity (Wildman–Crippen MR) is 134 cm³/mol. The van der Waals surface area contributed by atoms with Crippen LogP contribution in [0.15, 0.2) is 29.3 Å². The van der Waals surface area contributed by atoms with E-state index in [2.05, 4.69) is 53.3 Å². The van der Waals surface area contributed by atoms with Crippen LogP contribution < -0.4 is 15.4 Å². The van der Waals surface area contributed by atoms with Gasteiger partial charge in [-0.15, -0.1) is 24.0 Å². The molecule has 1 aromatic rings. The van der Waals surface area contributed by atoms with E-state index in [0.717, 1.165) is 50.9 Å².